The molecular formula is C36H26Cl2FN5O4. The average molecular weight is 683 g/mol. The molecule has 5 aromatic rings. The number of imide groups is 1. The molecule has 3 amide bonds. The number of hydrogen-bond donors (Lipinski definition) is 1. The summed E-state index contributed by atoms with van der Waals surface area (Å²) in [6, 6.07) is 22.9. The maximum atomic E-state index is 15.4. The molecule has 0 saturated carbocycles. The summed E-state index contributed by atoms with van der Waals surface area (Å²) < 4.78 is 16.6. The third-order valence-corrected chi connectivity index (χ3v) is 8.49. The van der Waals surface area contributed by atoms with Gasteiger partial charge in [0, 0.05) is 24.5 Å². The first kappa shape index (κ1) is 32.4. The van der Waals surface area contributed by atoms with Crippen LogP contribution >= 0.6 is 23.2 Å². The number of terminal acetylenes is 1. The van der Waals surface area contributed by atoms with Crippen LogP contribution in [0.2, 0.25) is 10.0 Å². The largest absolute Gasteiger partial charge is 0.327 e. The predicted molar refractivity (Wildman–Crippen MR) is 182 cm³/mol. The maximum absolute atomic E-state index is 15.4. The third-order valence-electron chi connectivity index (χ3n) is 7.96. The van der Waals surface area contributed by atoms with Crippen molar-refractivity contribution in [3.05, 3.63) is 140 Å². The number of nitrogens with zero attached hydrogens (tertiary/aromatic N) is 4. The number of anilines is 1. The summed E-state index contributed by atoms with van der Waals surface area (Å²) in [5.74, 6) is -0.0216. The topological polar surface area (TPSA) is 105 Å². The second-order valence-corrected chi connectivity index (χ2v) is 11.8. The van der Waals surface area contributed by atoms with Gasteiger partial charge in [-0.15, -0.1) is 12.3 Å². The van der Waals surface area contributed by atoms with Crippen LogP contribution in [0.1, 0.15) is 55.8 Å². The minimum Gasteiger partial charge on any atom is -0.327 e. The van der Waals surface area contributed by atoms with E-state index in [0.29, 0.717) is 10.7 Å². The van der Waals surface area contributed by atoms with Crippen LogP contribution in [-0.4, -0.2) is 50.3 Å². The molecule has 1 atom stereocenters. The van der Waals surface area contributed by atoms with Crippen molar-refractivity contribution in [1.82, 2.24) is 19.5 Å². The Balaban J connectivity index is 1.45. The van der Waals surface area contributed by atoms with Gasteiger partial charge in [0.1, 0.15) is 6.04 Å². The van der Waals surface area contributed by atoms with Crippen molar-refractivity contribution in [3.8, 4) is 12.3 Å². The van der Waals surface area contributed by atoms with Crippen molar-refractivity contribution in [1.29, 1.82) is 0 Å². The number of carbonyl (C=O) groups excluding carboxylic acids is 3. The summed E-state index contributed by atoms with van der Waals surface area (Å²) in [5.41, 5.74) is 3.61. The monoisotopic (exact) mass is 681 g/mol. The number of halogens is 3. The van der Waals surface area contributed by atoms with Crippen molar-refractivity contribution >= 4 is 57.5 Å². The fourth-order valence-electron chi connectivity index (χ4n) is 5.67. The lowest BCUT2D eigenvalue weighted by Gasteiger charge is -2.32. The van der Waals surface area contributed by atoms with Gasteiger partial charge in [0.25, 0.3) is 23.3 Å². The Morgan fingerprint density at radius 3 is 2.31 bits per heavy atom. The van der Waals surface area contributed by atoms with E-state index in [0.717, 1.165) is 4.90 Å². The number of amides is 3. The summed E-state index contributed by atoms with van der Waals surface area (Å²) >= 11 is 12.3. The van der Waals surface area contributed by atoms with Gasteiger partial charge in [0.2, 0.25) is 0 Å². The smallest absolute Gasteiger partial charge is 0.280 e. The summed E-state index contributed by atoms with van der Waals surface area (Å²) in [6.45, 7) is -0.161. The van der Waals surface area contributed by atoms with Gasteiger partial charge >= 0.3 is 0 Å². The minimum atomic E-state index is -1.10. The molecule has 0 saturated heterocycles. The van der Waals surface area contributed by atoms with Crippen LogP contribution in [0.4, 0.5) is 10.1 Å². The van der Waals surface area contributed by atoms with Gasteiger partial charge in [0.15, 0.2) is 11.6 Å². The van der Waals surface area contributed by atoms with E-state index < -0.39 is 35.1 Å². The molecule has 4 aromatic carbocycles. The highest BCUT2D eigenvalue weighted by Gasteiger charge is 2.36. The summed E-state index contributed by atoms with van der Waals surface area (Å²) in [5, 5.41) is 0.314. The molecule has 0 fully saturated rings. The highest BCUT2D eigenvalue weighted by molar-refractivity contribution is 6.31. The van der Waals surface area contributed by atoms with Crippen LogP contribution in [0.25, 0.3) is 10.9 Å². The van der Waals surface area contributed by atoms with Gasteiger partial charge in [-0.2, -0.15) is 0 Å². The lowest BCUT2D eigenvalue weighted by atomic mass is 10.1. The highest BCUT2D eigenvalue weighted by Crippen LogP contribution is 2.30. The molecule has 9 nitrogen and oxygen atoms in total. The van der Waals surface area contributed by atoms with E-state index in [-0.39, 0.29) is 64.4 Å². The van der Waals surface area contributed by atoms with Crippen molar-refractivity contribution in [2.24, 2.45) is 0 Å². The maximum Gasteiger partial charge on any atom is 0.280 e. The zero-order valence-electron chi connectivity index (χ0n) is 25.2. The van der Waals surface area contributed by atoms with Crippen LogP contribution in [-0.2, 0) is 0 Å². The van der Waals surface area contributed by atoms with E-state index in [2.05, 4.69) is 11.3 Å². The van der Waals surface area contributed by atoms with Crippen molar-refractivity contribution in [3.63, 3.8) is 0 Å². The Morgan fingerprint density at radius 2 is 1.62 bits per heavy atom. The van der Waals surface area contributed by atoms with Gasteiger partial charge in [-0.25, -0.2) is 14.1 Å². The molecule has 48 heavy (non-hydrogen) atoms. The fourth-order valence-corrected chi connectivity index (χ4v) is 6.01. The number of rotatable bonds is 10. The van der Waals surface area contributed by atoms with Crippen LogP contribution in [0.15, 0.2) is 95.8 Å². The number of hydrogen-bond acceptors (Lipinski definition) is 6. The Bertz CT molecular complexity index is 2150. The number of benzene rings is 4. The summed E-state index contributed by atoms with van der Waals surface area (Å²) in [4.78, 5) is 61.5. The number of para-hydroxylation sites is 1. The molecule has 240 valence electrons. The van der Waals surface area contributed by atoms with Gasteiger partial charge in [-0.05, 0) is 61.0 Å². The molecule has 12 heteroatoms. The molecule has 0 radical (unpaired) electrons. The van der Waals surface area contributed by atoms with E-state index in [4.69, 9.17) is 34.6 Å². The Hall–Kier alpha value is -5.50. The van der Waals surface area contributed by atoms with Crippen molar-refractivity contribution in [2.75, 3.05) is 18.5 Å². The standard InChI is InChI=1S/C36H26Cl2FN5O4/c1-2-10-30(32-40-29-21-22(37)17-18-26(29)36(48)44(32)41-23-11-4-3-5-12-23)42(35(47)27-15-8-16-28(38)31(27)39)19-9-20-43-33(45)24-13-6-7-14-25(24)34(43)46/h1,3-8,11-18,21,30,41H,9-10,19-20H2/t30-/m1/s1. The number of fused-ring (bicyclic) bond motifs is 2. The summed E-state index contributed by atoms with van der Waals surface area (Å²) in [6.07, 6.45) is 5.80. The Morgan fingerprint density at radius 1 is 0.938 bits per heavy atom. The van der Waals surface area contributed by atoms with E-state index in [1.807, 2.05) is 6.07 Å². The fraction of sp³-hybridized carbons (Fsp3) is 0.139. The molecule has 1 aliphatic rings. The first-order chi connectivity index (χ1) is 23.2. The summed E-state index contributed by atoms with van der Waals surface area (Å²) in [7, 11) is 0. The van der Waals surface area contributed by atoms with Gasteiger partial charge < -0.3 is 4.90 Å². The molecule has 0 unspecified atom stereocenters. The number of nitrogens with one attached hydrogen (secondary N) is 1. The van der Waals surface area contributed by atoms with Crippen LogP contribution < -0.4 is 11.0 Å². The zero-order chi connectivity index (χ0) is 33.9. The number of aromatic nitrogens is 2. The van der Waals surface area contributed by atoms with E-state index in [1.165, 1.54) is 33.8 Å². The molecule has 1 N–H and O–H groups in total. The highest BCUT2D eigenvalue weighted by atomic mass is 35.5. The third kappa shape index (κ3) is 6.13. The Kier molecular flexibility index (Phi) is 9.26. The molecule has 1 aliphatic heterocycles. The second kappa shape index (κ2) is 13.7. The minimum absolute atomic E-state index is 0.0489. The van der Waals surface area contributed by atoms with Crippen LogP contribution in [0.5, 0.6) is 0 Å². The Labute approximate surface area is 284 Å². The van der Waals surface area contributed by atoms with Crippen molar-refractivity contribution < 1.29 is 18.8 Å². The van der Waals surface area contributed by atoms with Gasteiger partial charge in [0.05, 0.1) is 38.3 Å². The predicted octanol–water partition coefficient (Wildman–Crippen LogP) is 6.61. The first-order valence-corrected chi connectivity index (χ1v) is 15.6. The molecule has 6 rings (SSSR count). The number of carbonyl (C=O) groups is 3. The second-order valence-electron chi connectivity index (χ2n) is 10.9. The molecule has 1 aromatic heterocycles. The van der Waals surface area contributed by atoms with E-state index in [9.17, 15) is 19.2 Å². The normalized spacial score (nSPS) is 12.9. The molecule has 0 spiro atoms. The molecular weight excluding hydrogens is 656 g/mol. The van der Waals surface area contributed by atoms with Gasteiger partial charge in [-0.1, -0.05) is 59.6 Å². The first-order valence-electron chi connectivity index (χ1n) is 14.9. The molecule has 0 aliphatic carbocycles. The lowest BCUT2D eigenvalue weighted by Crippen LogP contribution is -2.42. The molecule has 2 heterocycles. The van der Waals surface area contributed by atoms with Crippen molar-refractivity contribution in [2.45, 2.75) is 18.9 Å². The zero-order valence-corrected chi connectivity index (χ0v) is 26.7. The van der Waals surface area contributed by atoms with Crippen LogP contribution in [0.3, 0.4) is 0 Å². The molecule has 0 bridgehead atoms. The van der Waals surface area contributed by atoms with Crippen LogP contribution in [0, 0.1) is 18.2 Å². The van der Waals surface area contributed by atoms with Gasteiger partial charge in [-0.3, -0.25) is 29.5 Å². The average Bonchev–Trinajstić information content (AvgIpc) is 3.33. The quantitative estimate of drug-likeness (QED) is 0.131. The van der Waals surface area contributed by atoms with E-state index >= 15 is 4.39 Å². The SMILES string of the molecule is C#CC[C@H](c1nc2cc(Cl)ccc2c(=O)n1Nc1ccccc1)N(CCCN1C(=O)c2ccccc2C1=O)C(=O)c1cccc(Cl)c1F. The lowest BCUT2D eigenvalue weighted by molar-refractivity contribution is 0.0615. The van der Waals surface area contributed by atoms with E-state index in [1.54, 1.807) is 60.7 Å².